The van der Waals surface area contributed by atoms with Crippen LogP contribution in [0, 0.1) is 5.92 Å². The van der Waals surface area contributed by atoms with E-state index in [-0.39, 0.29) is 41.6 Å². The number of piperidine rings is 1. The van der Waals surface area contributed by atoms with Gasteiger partial charge in [0.15, 0.2) is 0 Å². The quantitative estimate of drug-likeness (QED) is 0.700. The van der Waals surface area contributed by atoms with Gasteiger partial charge in [-0.25, -0.2) is 8.42 Å². The highest BCUT2D eigenvalue weighted by atomic mass is 35.5. The van der Waals surface area contributed by atoms with E-state index in [1.165, 1.54) is 10.4 Å². The summed E-state index contributed by atoms with van der Waals surface area (Å²) in [7, 11) is -2.16. The molecule has 2 rings (SSSR count). The number of ether oxygens (including phenoxy) is 2. The highest BCUT2D eigenvalue weighted by molar-refractivity contribution is 7.89. The molecule has 1 N–H and O–H groups in total. The number of carbonyl (C=O) groups is 1. The number of hydrogen-bond acceptors (Lipinski definition) is 5. The summed E-state index contributed by atoms with van der Waals surface area (Å²) in [6, 6.07) is 4.50. The maximum absolute atomic E-state index is 13.0. The van der Waals surface area contributed by atoms with Crippen LogP contribution in [-0.4, -0.2) is 58.1 Å². The van der Waals surface area contributed by atoms with Crippen molar-refractivity contribution >= 4 is 27.5 Å². The molecule has 1 atom stereocenters. The molecule has 0 aliphatic carbocycles. The fraction of sp³-hybridized carbons (Fsp3) is 0.611. The van der Waals surface area contributed by atoms with E-state index in [0.29, 0.717) is 31.1 Å². The number of benzene rings is 1. The van der Waals surface area contributed by atoms with Gasteiger partial charge in [-0.1, -0.05) is 11.6 Å². The molecule has 9 heteroatoms. The fourth-order valence-electron chi connectivity index (χ4n) is 3.11. The van der Waals surface area contributed by atoms with Crippen molar-refractivity contribution in [2.45, 2.75) is 37.6 Å². The predicted molar refractivity (Wildman–Crippen MR) is 104 cm³/mol. The topological polar surface area (TPSA) is 84.9 Å². The van der Waals surface area contributed by atoms with E-state index < -0.39 is 10.0 Å². The minimum absolute atomic E-state index is 0.0608. The summed E-state index contributed by atoms with van der Waals surface area (Å²) in [5.41, 5.74) is 0. The molecule has 0 bridgehead atoms. The molecule has 1 aromatic carbocycles. The second kappa shape index (κ2) is 9.73. The lowest BCUT2D eigenvalue weighted by atomic mass is 9.97. The standard InChI is InChI=1S/C18H27ClN2O5S/c1-4-26-16-6-5-15(19)11-17(16)27(23,24)21-9-7-14(8-10-21)18(22)20-13(2)12-25-3/h5-6,11,13-14H,4,7-10,12H2,1-3H3,(H,20,22)/t13-/m0/s1. The third-order valence-corrected chi connectivity index (χ3v) is 6.61. The van der Waals surface area contributed by atoms with Crippen LogP contribution in [0.15, 0.2) is 23.1 Å². The van der Waals surface area contributed by atoms with Crippen molar-refractivity contribution in [1.29, 1.82) is 0 Å². The predicted octanol–water partition coefficient (Wildman–Crippen LogP) is 2.29. The lowest BCUT2D eigenvalue weighted by Crippen LogP contribution is -2.45. The van der Waals surface area contributed by atoms with Crippen LogP contribution in [0.2, 0.25) is 5.02 Å². The average Bonchev–Trinajstić information content (AvgIpc) is 2.63. The average molecular weight is 419 g/mol. The number of nitrogens with zero attached hydrogens (tertiary/aromatic N) is 1. The lowest BCUT2D eigenvalue weighted by Gasteiger charge is -2.31. The summed E-state index contributed by atoms with van der Waals surface area (Å²) in [5, 5.41) is 3.23. The first kappa shape index (κ1) is 21.9. The van der Waals surface area contributed by atoms with Gasteiger partial charge < -0.3 is 14.8 Å². The monoisotopic (exact) mass is 418 g/mol. The molecule has 1 heterocycles. The van der Waals surface area contributed by atoms with E-state index in [1.54, 1.807) is 26.2 Å². The summed E-state index contributed by atoms with van der Waals surface area (Å²) >= 11 is 6.00. The van der Waals surface area contributed by atoms with E-state index in [4.69, 9.17) is 21.1 Å². The molecule has 1 saturated heterocycles. The van der Waals surface area contributed by atoms with Crippen LogP contribution in [-0.2, 0) is 19.6 Å². The second-order valence-electron chi connectivity index (χ2n) is 6.57. The first-order chi connectivity index (χ1) is 12.8. The Morgan fingerprint density at radius 2 is 2.04 bits per heavy atom. The Kier molecular flexibility index (Phi) is 7.91. The van der Waals surface area contributed by atoms with Gasteiger partial charge in [0, 0.05) is 37.2 Å². The molecule has 0 unspecified atom stereocenters. The molecule has 27 heavy (non-hydrogen) atoms. The normalized spacial score (nSPS) is 17.5. The smallest absolute Gasteiger partial charge is 0.246 e. The third kappa shape index (κ3) is 5.57. The first-order valence-corrected chi connectivity index (χ1v) is 10.8. The van der Waals surface area contributed by atoms with Gasteiger partial charge in [0.05, 0.1) is 13.2 Å². The molecule has 0 aromatic heterocycles. The summed E-state index contributed by atoms with van der Waals surface area (Å²) < 4.78 is 38.0. The number of carbonyl (C=O) groups excluding carboxylic acids is 1. The van der Waals surface area contributed by atoms with Crippen LogP contribution in [0.1, 0.15) is 26.7 Å². The molecule has 1 aliphatic rings. The lowest BCUT2D eigenvalue weighted by molar-refractivity contribution is -0.127. The summed E-state index contributed by atoms with van der Waals surface area (Å²) in [6.07, 6.45) is 0.935. The van der Waals surface area contributed by atoms with Crippen LogP contribution in [0.5, 0.6) is 5.75 Å². The molecular formula is C18H27ClN2O5S. The van der Waals surface area contributed by atoms with Crippen LogP contribution in [0.25, 0.3) is 0 Å². The van der Waals surface area contributed by atoms with Gasteiger partial charge in [0.25, 0.3) is 0 Å². The number of methoxy groups -OCH3 is 1. The summed E-state index contributed by atoms with van der Waals surface area (Å²) in [6.45, 7) is 5.00. The van der Waals surface area contributed by atoms with E-state index in [0.717, 1.165) is 0 Å². The van der Waals surface area contributed by atoms with Crippen molar-refractivity contribution in [3.63, 3.8) is 0 Å². The second-order valence-corrected chi connectivity index (χ2v) is 8.91. The number of sulfonamides is 1. The van der Waals surface area contributed by atoms with Gasteiger partial charge in [-0.2, -0.15) is 4.31 Å². The molecule has 0 saturated carbocycles. The van der Waals surface area contributed by atoms with Gasteiger partial charge >= 0.3 is 0 Å². The zero-order valence-electron chi connectivity index (χ0n) is 15.9. The zero-order valence-corrected chi connectivity index (χ0v) is 17.5. The highest BCUT2D eigenvalue weighted by Crippen LogP contribution is 2.32. The Labute approximate surface area is 166 Å². The van der Waals surface area contributed by atoms with Gasteiger partial charge in [-0.15, -0.1) is 0 Å². The summed E-state index contributed by atoms with van der Waals surface area (Å²) in [5.74, 6) is 0.0194. The Hall–Kier alpha value is -1.35. The number of halogens is 1. The minimum atomic E-state index is -3.75. The third-order valence-electron chi connectivity index (χ3n) is 4.45. The van der Waals surface area contributed by atoms with Crippen molar-refractivity contribution in [3.05, 3.63) is 23.2 Å². The summed E-state index contributed by atoms with van der Waals surface area (Å²) in [4.78, 5) is 12.4. The number of nitrogens with one attached hydrogen (secondary N) is 1. The molecule has 1 aromatic rings. The minimum Gasteiger partial charge on any atom is -0.492 e. The van der Waals surface area contributed by atoms with E-state index in [2.05, 4.69) is 5.32 Å². The number of amides is 1. The Bertz CT molecular complexity index is 748. The molecule has 1 fully saturated rings. The molecule has 1 amide bonds. The first-order valence-electron chi connectivity index (χ1n) is 9.01. The van der Waals surface area contributed by atoms with Gasteiger partial charge in [0.1, 0.15) is 10.6 Å². The maximum atomic E-state index is 13.0. The Morgan fingerprint density at radius 3 is 2.63 bits per heavy atom. The van der Waals surface area contributed by atoms with Gasteiger partial charge in [0.2, 0.25) is 15.9 Å². The number of rotatable bonds is 8. The zero-order chi connectivity index (χ0) is 20.0. The molecule has 0 spiro atoms. The molecule has 0 radical (unpaired) electrons. The van der Waals surface area contributed by atoms with Crippen LogP contribution >= 0.6 is 11.6 Å². The SMILES string of the molecule is CCOc1ccc(Cl)cc1S(=O)(=O)N1CCC(C(=O)N[C@@H](C)COC)CC1. The Morgan fingerprint density at radius 1 is 1.37 bits per heavy atom. The Balaban J connectivity index is 2.07. The van der Waals surface area contributed by atoms with E-state index >= 15 is 0 Å². The highest BCUT2D eigenvalue weighted by Gasteiger charge is 2.34. The maximum Gasteiger partial charge on any atom is 0.246 e. The van der Waals surface area contributed by atoms with Crippen molar-refractivity contribution in [3.8, 4) is 5.75 Å². The van der Waals surface area contributed by atoms with Crippen molar-refractivity contribution in [2.24, 2.45) is 5.92 Å². The van der Waals surface area contributed by atoms with Crippen molar-refractivity contribution in [1.82, 2.24) is 9.62 Å². The molecule has 1 aliphatic heterocycles. The van der Waals surface area contributed by atoms with Crippen LogP contribution in [0.3, 0.4) is 0 Å². The van der Waals surface area contributed by atoms with Crippen LogP contribution < -0.4 is 10.1 Å². The molecule has 152 valence electrons. The van der Waals surface area contributed by atoms with Gasteiger partial charge in [-0.3, -0.25) is 4.79 Å². The molecular weight excluding hydrogens is 392 g/mol. The largest absolute Gasteiger partial charge is 0.492 e. The van der Waals surface area contributed by atoms with E-state index in [1.807, 2.05) is 6.92 Å². The number of hydrogen-bond donors (Lipinski definition) is 1. The van der Waals surface area contributed by atoms with Crippen molar-refractivity contribution in [2.75, 3.05) is 33.4 Å². The molecule has 7 nitrogen and oxygen atoms in total. The van der Waals surface area contributed by atoms with Crippen LogP contribution in [0.4, 0.5) is 0 Å². The van der Waals surface area contributed by atoms with Crippen molar-refractivity contribution < 1.29 is 22.7 Å². The fourth-order valence-corrected chi connectivity index (χ4v) is 4.97. The van der Waals surface area contributed by atoms with Gasteiger partial charge in [-0.05, 0) is 44.9 Å². The van der Waals surface area contributed by atoms with E-state index in [9.17, 15) is 13.2 Å².